The lowest BCUT2D eigenvalue weighted by Gasteiger charge is -2.27. The number of nitrogens with two attached hydrogens (primary N) is 1. The van der Waals surface area contributed by atoms with Gasteiger partial charge >= 0.3 is 5.97 Å². The number of para-hydroxylation sites is 2. The lowest BCUT2D eigenvalue weighted by molar-refractivity contribution is -0.144. The second-order valence-electron chi connectivity index (χ2n) is 9.36. The molecule has 6 rings (SSSR count). The van der Waals surface area contributed by atoms with E-state index < -0.39 is 18.0 Å². The first-order valence-corrected chi connectivity index (χ1v) is 13.2. The molecule has 0 saturated heterocycles. The van der Waals surface area contributed by atoms with E-state index in [0.717, 1.165) is 11.1 Å². The Morgan fingerprint density at radius 3 is 2.59 bits per heavy atom. The van der Waals surface area contributed by atoms with Gasteiger partial charge in [-0.3, -0.25) is 0 Å². The monoisotopic (exact) mass is 566 g/mol. The van der Waals surface area contributed by atoms with Crippen LogP contribution in [0.1, 0.15) is 22.6 Å². The van der Waals surface area contributed by atoms with Crippen LogP contribution < -0.4 is 29.4 Å². The Morgan fingerprint density at radius 1 is 0.951 bits per heavy atom. The van der Waals surface area contributed by atoms with Crippen LogP contribution in [0.25, 0.3) is 0 Å². The van der Waals surface area contributed by atoms with Crippen LogP contribution in [0.3, 0.4) is 0 Å². The first kappa shape index (κ1) is 26.1. The highest BCUT2D eigenvalue weighted by atomic mass is 35.5. The molecule has 0 amide bonds. The molecule has 0 aromatic heterocycles. The molecule has 0 saturated carbocycles. The van der Waals surface area contributed by atoms with Crippen molar-refractivity contribution >= 4 is 17.6 Å². The molecule has 2 N–H and O–H groups in total. The molecule has 0 fully saturated rings. The van der Waals surface area contributed by atoms with Gasteiger partial charge in [-0.15, -0.1) is 0 Å². The molecule has 9 heteroatoms. The zero-order chi connectivity index (χ0) is 28.3. The third-order valence-corrected chi connectivity index (χ3v) is 7.09. The number of nitrogens with zero attached hydrogens (tertiary/aromatic N) is 1. The Kier molecular flexibility index (Phi) is 7.11. The number of halogens is 1. The molecule has 0 bridgehead atoms. The lowest BCUT2D eigenvalue weighted by Crippen LogP contribution is -2.39. The lowest BCUT2D eigenvalue weighted by atomic mass is 9.83. The summed E-state index contributed by atoms with van der Waals surface area (Å²) in [4.78, 5) is 12.8. The molecule has 2 aliphatic heterocycles. The normalized spacial score (nSPS) is 17.1. The number of ether oxygens (including phenoxy) is 5. The summed E-state index contributed by atoms with van der Waals surface area (Å²) >= 11 is 6.27. The average Bonchev–Trinajstić information content (AvgIpc) is 2.99. The SMILES string of the molecule is N#CC1=C(N)Oc2cc(OC(=O)C3COc4ccccc4O3)ccc2C1c1cccc(OCc2ccccc2Cl)c1. The molecule has 8 nitrogen and oxygen atoms in total. The maximum absolute atomic E-state index is 12.8. The van der Waals surface area contributed by atoms with Crippen LogP contribution in [0.2, 0.25) is 5.02 Å². The molecule has 41 heavy (non-hydrogen) atoms. The summed E-state index contributed by atoms with van der Waals surface area (Å²) in [6.45, 7) is 0.308. The van der Waals surface area contributed by atoms with Gasteiger partial charge in [-0.1, -0.05) is 60.1 Å². The van der Waals surface area contributed by atoms with E-state index in [-0.39, 0.29) is 30.4 Å². The number of esters is 1. The van der Waals surface area contributed by atoms with Crippen molar-refractivity contribution in [1.29, 1.82) is 5.26 Å². The van der Waals surface area contributed by atoms with Crippen LogP contribution in [0.5, 0.6) is 28.7 Å². The molecule has 4 aromatic carbocycles. The maximum Gasteiger partial charge on any atom is 0.356 e. The molecule has 2 heterocycles. The van der Waals surface area contributed by atoms with Crippen LogP contribution in [-0.2, 0) is 11.4 Å². The topological polar surface area (TPSA) is 113 Å². The van der Waals surface area contributed by atoms with E-state index in [1.54, 1.807) is 36.4 Å². The highest BCUT2D eigenvalue weighted by Gasteiger charge is 2.33. The second-order valence-corrected chi connectivity index (χ2v) is 9.77. The Balaban J connectivity index is 1.23. The highest BCUT2D eigenvalue weighted by molar-refractivity contribution is 6.31. The van der Waals surface area contributed by atoms with Gasteiger partial charge in [-0.2, -0.15) is 5.26 Å². The Labute approximate surface area is 241 Å². The smallest absolute Gasteiger partial charge is 0.356 e. The Bertz CT molecular complexity index is 1710. The van der Waals surface area contributed by atoms with E-state index in [1.807, 2.05) is 54.6 Å². The number of hydrogen-bond donors (Lipinski definition) is 1. The molecule has 2 unspecified atom stereocenters. The number of carbonyl (C=O) groups is 1. The summed E-state index contributed by atoms with van der Waals surface area (Å²) in [7, 11) is 0. The quantitative estimate of drug-likeness (QED) is 0.227. The summed E-state index contributed by atoms with van der Waals surface area (Å²) in [6, 6.07) is 29.1. The van der Waals surface area contributed by atoms with Gasteiger partial charge < -0.3 is 29.4 Å². The standard InChI is InChI=1S/C32H23ClN2O6/c33-25-9-2-1-6-20(25)17-37-21-8-5-7-19(14-21)30-23-13-12-22(15-28(23)41-31(35)24(30)16-34)39-32(36)29-18-38-26-10-3-4-11-27(26)40-29/h1-15,29-30H,17-18,35H2. The van der Waals surface area contributed by atoms with Crippen molar-refractivity contribution in [2.75, 3.05) is 6.61 Å². The molecule has 2 atom stereocenters. The van der Waals surface area contributed by atoms with E-state index in [0.29, 0.717) is 33.6 Å². The third kappa shape index (κ3) is 5.36. The van der Waals surface area contributed by atoms with Gasteiger partial charge in [0.25, 0.3) is 0 Å². The first-order valence-electron chi connectivity index (χ1n) is 12.8. The summed E-state index contributed by atoms with van der Waals surface area (Å²) < 4.78 is 28.8. The number of nitriles is 1. The van der Waals surface area contributed by atoms with Gasteiger partial charge in [0.15, 0.2) is 11.5 Å². The van der Waals surface area contributed by atoms with Gasteiger partial charge in [0.05, 0.1) is 5.92 Å². The summed E-state index contributed by atoms with van der Waals surface area (Å²) in [6.07, 6.45) is -0.932. The molecular formula is C32H23ClN2O6. The largest absolute Gasteiger partial charge is 0.489 e. The van der Waals surface area contributed by atoms with Gasteiger partial charge in [0.1, 0.15) is 42.1 Å². The first-order chi connectivity index (χ1) is 20.0. The number of hydrogen-bond acceptors (Lipinski definition) is 8. The molecule has 0 spiro atoms. The third-order valence-electron chi connectivity index (χ3n) is 6.72. The molecular weight excluding hydrogens is 544 g/mol. The van der Waals surface area contributed by atoms with Crippen molar-refractivity contribution in [2.45, 2.75) is 18.6 Å². The van der Waals surface area contributed by atoms with Crippen molar-refractivity contribution in [3.05, 3.63) is 124 Å². The predicted octanol–water partition coefficient (Wildman–Crippen LogP) is 5.88. The van der Waals surface area contributed by atoms with Crippen LogP contribution in [0, 0.1) is 11.3 Å². The minimum absolute atomic E-state index is 0.0233. The van der Waals surface area contributed by atoms with E-state index in [1.165, 1.54) is 0 Å². The van der Waals surface area contributed by atoms with E-state index in [4.69, 9.17) is 41.0 Å². The van der Waals surface area contributed by atoms with Gasteiger partial charge in [0, 0.05) is 22.2 Å². The van der Waals surface area contributed by atoms with Crippen LogP contribution >= 0.6 is 11.6 Å². The predicted molar refractivity (Wildman–Crippen MR) is 150 cm³/mol. The van der Waals surface area contributed by atoms with Gasteiger partial charge in [-0.05, 0) is 42.0 Å². The van der Waals surface area contributed by atoms with E-state index in [2.05, 4.69) is 6.07 Å². The van der Waals surface area contributed by atoms with Crippen molar-refractivity contribution in [1.82, 2.24) is 0 Å². The highest BCUT2D eigenvalue weighted by Crippen LogP contribution is 2.44. The Hall–Kier alpha value is -5.13. The zero-order valence-corrected chi connectivity index (χ0v) is 22.3. The average molecular weight is 567 g/mol. The molecule has 204 valence electrons. The number of rotatable bonds is 6. The maximum atomic E-state index is 12.8. The van der Waals surface area contributed by atoms with Crippen LogP contribution in [0.4, 0.5) is 0 Å². The van der Waals surface area contributed by atoms with Crippen LogP contribution in [-0.4, -0.2) is 18.7 Å². The fourth-order valence-electron chi connectivity index (χ4n) is 4.72. The second kappa shape index (κ2) is 11.2. The van der Waals surface area contributed by atoms with E-state index in [9.17, 15) is 10.1 Å². The summed E-state index contributed by atoms with van der Waals surface area (Å²) in [5, 5.41) is 10.6. The van der Waals surface area contributed by atoms with Crippen molar-refractivity contribution in [3.63, 3.8) is 0 Å². The molecule has 0 aliphatic carbocycles. The zero-order valence-electron chi connectivity index (χ0n) is 21.6. The van der Waals surface area contributed by atoms with Crippen molar-refractivity contribution < 1.29 is 28.5 Å². The van der Waals surface area contributed by atoms with Gasteiger partial charge in [-0.25, -0.2) is 4.79 Å². The molecule has 4 aromatic rings. The summed E-state index contributed by atoms with van der Waals surface area (Å²) in [5.74, 6) is 1.08. The van der Waals surface area contributed by atoms with Crippen LogP contribution in [0.15, 0.2) is 102 Å². The Morgan fingerprint density at radius 2 is 1.76 bits per heavy atom. The number of carbonyl (C=O) groups excluding carboxylic acids is 1. The fourth-order valence-corrected chi connectivity index (χ4v) is 4.91. The number of fused-ring (bicyclic) bond motifs is 2. The fraction of sp³-hybridized carbons (Fsp3) is 0.125. The summed E-state index contributed by atoms with van der Waals surface area (Å²) in [5.41, 5.74) is 8.76. The minimum Gasteiger partial charge on any atom is -0.489 e. The minimum atomic E-state index is -0.932. The molecule has 2 aliphatic rings. The van der Waals surface area contributed by atoms with Crippen molar-refractivity contribution in [2.24, 2.45) is 5.73 Å². The van der Waals surface area contributed by atoms with Gasteiger partial charge in [0.2, 0.25) is 12.0 Å². The number of allylic oxidation sites excluding steroid dienone is 1. The number of benzene rings is 4. The van der Waals surface area contributed by atoms with E-state index >= 15 is 0 Å². The van der Waals surface area contributed by atoms with Crippen molar-refractivity contribution in [3.8, 4) is 34.8 Å². The molecule has 0 radical (unpaired) electrons.